The number of halogens is 1. The molecule has 0 fully saturated rings. The summed E-state index contributed by atoms with van der Waals surface area (Å²) in [4.78, 5) is 15.5. The summed E-state index contributed by atoms with van der Waals surface area (Å²) >= 11 is 3.82. The minimum Gasteiger partial charge on any atom is -0.309 e. The lowest BCUT2D eigenvalue weighted by Crippen LogP contribution is -2.39. The number of anilines is 1. The number of carbonyl (C=O) groups is 1. The Kier molecular flexibility index (Phi) is 6.91. The summed E-state index contributed by atoms with van der Waals surface area (Å²) in [5, 5.41) is 0. The average Bonchev–Trinajstić information content (AvgIpc) is 2.82. The Morgan fingerprint density at radius 1 is 1.29 bits per heavy atom. The van der Waals surface area contributed by atoms with Crippen molar-refractivity contribution in [3.63, 3.8) is 0 Å². The first-order chi connectivity index (χ1) is 11.4. The van der Waals surface area contributed by atoms with Crippen LogP contribution in [0.4, 0.5) is 5.69 Å². The van der Waals surface area contributed by atoms with Gasteiger partial charge in [0.2, 0.25) is 5.91 Å². The monoisotopic (exact) mass is 393 g/mol. The van der Waals surface area contributed by atoms with Crippen molar-refractivity contribution in [3.8, 4) is 0 Å². The van der Waals surface area contributed by atoms with Crippen LogP contribution < -0.4 is 4.90 Å². The molecule has 1 aromatic rings. The van der Waals surface area contributed by atoms with Gasteiger partial charge in [0.05, 0.1) is 0 Å². The molecule has 0 aromatic heterocycles. The van der Waals surface area contributed by atoms with Crippen LogP contribution in [0.25, 0.3) is 0 Å². The van der Waals surface area contributed by atoms with Gasteiger partial charge in [-0.15, -0.1) is 0 Å². The number of amides is 1. The first kappa shape index (κ1) is 19.5. The number of hydrogen-bond acceptors (Lipinski definition) is 1. The molecule has 0 saturated carbocycles. The van der Waals surface area contributed by atoms with E-state index in [2.05, 4.69) is 73.6 Å². The molecule has 3 heteroatoms. The van der Waals surface area contributed by atoms with Crippen molar-refractivity contribution in [2.24, 2.45) is 11.8 Å². The van der Waals surface area contributed by atoms with Crippen LogP contribution in [0.1, 0.15) is 65.0 Å². The third-order valence-corrected chi connectivity index (χ3v) is 5.81. The van der Waals surface area contributed by atoms with Crippen LogP contribution in [0.5, 0.6) is 0 Å². The van der Waals surface area contributed by atoms with Gasteiger partial charge in [0.15, 0.2) is 0 Å². The van der Waals surface area contributed by atoms with Gasteiger partial charge in [0.1, 0.15) is 0 Å². The van der Waals surface area contributed by atoms with Gasteiger partial charge in [-0.25, -0.2) is 0 Å². The SMILES string of the molecule is CCC(CC)C(=O)N1c2ccc(CC(Br)CC(C)C)cc2CC1C. The second-order valence-electron chi connectivity index (χ2n) is 7.67. The molecule has 1 aliphatic heterocycles. The summed E-state index contributed by atoms with van der Waals surface area (Å²) < 4.78 is 0. The zero-order valence-corrected chi connectivity index (χ0v) is 17.4. The molecule has 0 radical (unpaired) electrons. The van der Waals surface area contributed by atoms with Crippen LogP contribution in [0.2, 0.25) is 0 Å². The van der Waals surface area contributed by atoms with Gasteiger partial charge in [0.25, 0.3) is 0 Å². The number of nitrogens with zero attached hydrogens (tertiary/aromatic N) is 1. The van der Waals surface area contributed by atoms with Crippen molar-refractivity contribution >= 4 is 27.5 Å². The van der Waals surface area contributed by atoms with Crippen molar-refractivity contribution in [3.05, 3.63) is 29.3 Å². The summed E-state index contributed by atoms with van der Waals surface area (Å²) in [6.45, 7) is 10.9. The van der Waals surface area contributed by atoms with E-state index in [1.165, 1.54) is 17.5 Å². The Morgan fingerprint density at radius 3 is 2.54 bits per heavy atom. The number of hydrogen-bond donors (Lipinski definition) is 0. The number of rotatable bonds is 7. The van der Waals surface area contributed by atoms with Crippen molar-refractivity contribution < 1.29 is 4.79 Å². The van der Waals surface area contributed by atoms with Gasteiger partial charge in [-0.3, -0.25) is 4.79 Å². The predicted octanol–water partition coefficient (Wildman–Crippen LogP) is 5.75. The van der Waals surface area contributed by atoms with Crippen molar-refractivity contribution in [1.82, 2.24) is 0 Å². The highest BCUT2D eigenvalue weighted by molar-refractivity contribution is 9.09. The summed E-state index contributed by atoms with van der Waals surface area (Å²) in [5.41, 5.74) is 3.85. The molecule has 1 amide bonds. The Balaban J connectivity index is 2.17. The fourth-order valence-corrected chi connectivity index (χ4v) is 4.95. The van der Waals surface area contributed by atoms with Gasteiger partial charge in [0, 0.05) is 22.5 Å². The van der Waals surface area contributed by atoms with Gasteiger partial charge < -0.3 is 4.90 Å². The molecule has 2 rings (SSSR count). The van der Waals surface area contributed by atoms with E-state index in [1.54, 1.807) is 0 Å². The molecule has 24 heavy (non-hydrogen) atoms. The Labute approximate surface area is 156 Å². The largest absolute Gasteiger partial charge is 0.309 e. The molecular weight excluding hydrogens is 362 g/mol. The Morgan fingerprint density at radius 2 is 1.96 bits per heavy atom. The van der Waals surface area contributed by atoms with Gasteiger partial charge >= 0.3 is 0 Å². The highest BCUT2D eigenvalue weighted by Gasteiger charge is 2.33. The van der Waals surface area contributed by atoms with Crippen LogP contribution in [0.3, 0.4) is 0 Å². The molecule has 2 nitrogen and oxygen atoms in total. The van der Waals surface area contributed by atoms with E-state index < -0.39 is 0 Å². The van der Waals surface area contributed by atoms with E-state index in [-0.39, 0.29) is 12.0 Å². The highest BCUT2D eigenvalue weighted by Crippen LogP contribution is 2.35. The second-order valence-corrected chi connectivity index (χ2v) is 8.96. The minimum absolute atomic E-state index is 0.149. The van der Waals surface area contributed by atoms with Crippen LogP contribution in [-0.2, 0) is 17.6 Å². The lowest BCUT2D eigenvalue weighted by Gasteiger charge is -2.27. The zero-order valence-electron chi connectivity index (χ0n) is 15.8. The second kappa shape index (κ2) is 8.51. The molecule has 0 N–H and O–H groups in total. The molecule has 1 aliphatic rings. The molecule has 1 heterocycles. The number of alkyl halides is 1. The smallest absolute Gasteiger partial charge is 0.230 e. The topological polar surface area (TPSA) is 20.3 Å². The van der Waals surface area contributed by atoms with Gasteiger partial charge in [-0.2, -0.15) is 0 Å². The molecule has 2 unspecified atom stereocenters. The summed E-state index contributed by atoms with van der Waals surface area (Å²) in [5.74, 6) is 1.16. The van der Waals surface area contributed by atoms with Crippen LogP contribution in [-0.4, -0.2) is 16.8 Å². The van der Waals surface area contributed by atoms with E-state index in [4.69, 9.17) is 0 Å². The van der Waals surface area contributed by atoms with E-state index in [0.29, 0.717) is 16.7 Å². The highest BCUT2D eigenvalue weighted by atomic mass is 79.9. The number of fused-ring (bicyclic) bond motifs is 1. The standard InChI is InChI=1S/C21H32BrNO/c1-6-17(7-2)21(24)23-15(5)11-18-12-16(8-9-20(18)23)13-19(22)10-14(3)4/h8-9,12,14-15,17,19H,6-7,10-11,13H2,1-5H3. The van der Waals surface area contributed by atoms with Crippen molar-refractivity contribution in [2.75, 3.05) is 4.90 Å². The normalized spacial score (nSPS) is 18.3. The minimum atomic E-state index is 0.149. The first-order valence-corrected chi connectivity index (χ1v) is 10.4. The van der Waals surface area contributed by atoms with Crippen LogP contribution in [0, 0.1) is 11.8 Å². The maximum Gasteiger partial charge on any atom is 0.230 e. The predicted molar refractivity (Wildman–Crippen MR) is 107 cm³/mol. The lowest BCUT2D eigenvalue weighted by atomic mass is 9.99. The van der Waals surface area contributed by atoms with Crippen LogP contribution in [0.15, 0.2) is 18.2 Å². The fourth-order valence-electron chi connectivity index (χ4n) is 3.83. The maximum atomic E-state index is 12.9. The zero-order chi connectivity index (χ0) is 17.9. The van der Waals surface area contributed by atoms with Crippen molar-refractivity contribution in [2.45, 2.75) is 77.6 Å². The molecule has 1 aromatic carbocycles. The van der Waals surface area contributed by atoms with Crippen molar-refractivity contribution in [1.29, 1.82) is 0 Å². The van der Waals surface area contributed by atoms with E-state index in [0.717, 1.165) is 31.4 Å². The summed E-state index contributed by atoms with van der Waals surface area (Å²) in [7, 11) is 0. The third kappa shape index (κ3) is 4.41. The number of carbonyl (C=O) groups excluding carboxylic acids is 1. The molecule has 0 bridgehead atoms. The quantitative estimate of drug-likeness (QED) is 0.539. The summed E-state index contributed by atoms with van der Waals surface area (Å²) in [6.07, 6.45) is 5.07. The molecule has 2 atom stereocenters. The van der Waals surface area contributed by atoms with E-state index >= 15 is 0 Å². The lowest BCUT2D eigenvalue weighted by molar-refractivity contribution is -0.122. The van der Waals surface area contributed by atoms with E-state index in [9.17, 15) is 4.79 Å². The fraction of sp³-hybridized carbons (Fsp3) is 0.667. The summed E-state index contributed by atoms with van der Waals surface area (Å²) in [6, 6.07) is 6.97. The Hall–Kier alpha value is -0.830. The third-order valence-electron chi connectivity index (χ3n) is 5.12. The van der Waals surface area contributed by atoms with Crippen LogP contribution >= 0.6 is 15.9 Å². The molecule has 0 aliphatic carbocycles. The van der Waals surface area contributed by atoms with Gasteiger partial charge in [-0.1, -0.05) is 55.8 Å². The molecule has 134 valence electrons. The molecule has 0 spiro atoms. The molecular formula is C21H32BrNO. The number of benzene rings is 1. The van der Waals surface area contributed by atoms with Gasteiger partial charge in [-0.05, 0) is 62.1 Å². The maximum absolute atomic E-state index is 12.9. The molecule has 0 saturated heterocycles. The average molecular weight is 394 g/mol. The Bertz CT molecular complexity index is 565. The van der Waals surface area contributed by atoms with E-state index in [1.807, 2.05) is 0 Å². The first-order valence-electron chi connectivity index (χ1n) is 9.46.